The smallest absolute Gasteiger partial charge is 0.162 e. The van der Waals surface area contributed by atoms with Crippen LogP contribution in [0.5, 0.6) is 0 Å². The summed E-state index contributed by atoms with van der Waals surface area (Å²) in [7, 11) is 0. The van der Waals surface area contributed by atoms with Crippen LogP contribution < -0.4 is 0 Å². The molecule has 1 radical (unpaired) electrons. The van der Waals surface area contributed by atoms with Crippen LogP contribution >= 0.6 is 11.3 Å². The SMILES string of the molecule is CCC(CC)C(=O)/C=C(\O)C(CC)CC.Cc1c(-c2ccc(C(C)(C)C)cc2)sc2c(-c3[c-]c4cc(-c5ccccc5)ccc4c(C(C)C)c3)nccc12.[Ir]. The number of fused-ring (bicyclic) bond motifs is 2. The first-order valence-corrected chi connectivity index (χ1v) is 20.6. The van der Waals surface area contributed by atoms with Crippen LogP contribution in [0.3, 0.4) is 0 Å². The Kier molecular flexibility index (Phi) is 15.4. The number of rotatable bonds is 11. The van der Waals surface area contributed by atoms with Gasteiger partial charge in [0.2, 0.25) is 0 Å². The Morgan fingerprint density at radius 2 is 1.42 bits per heavy atom. The maximum atomic E-state index is 11.7. The molecule has 0 atom stereocenters. The first-order valence-electron chi connectivity index (χ1n) is 19.8. The number of aromatic nitrogens is 1. The molecule has 291 valence electrons. The van der Waals surface area contributed by atoms with Gasteiger partial charge in [-0.2, -0.15) is 0 Å². The molecular weight excluding hydrogens is 871 g/mol. The van der Waals surface area contributed by atoms with Crippen molar-refractivity contribution in [2.24, 2.45) is 11.8 Å². The summed E-state index contributed by atoms with van der Waals surface area (Å²) in [5.41, 5.74) is 9.95. The second kappa shape index (κ2) is 19.3. The molecule has 0 amide bonds. The van der Waals surface area contributed by atoms with Gasteiger partial charge in [0, 0.05) is 59.5 Å². The Morgan fingerprint density at radius 3 is 2.00 bits per heavy atom. The van der Waals surface area contributed by atoms with Crippen LogP contribution in [0, 0.1) is 24.8 Å². The van der Waals surface area contributed by atoms with Gasteiger partial charge < -0.3 is 5.11 Å². The summed E-state index contributed by atoms with van der Waals surface area (Å²) in [6.45, 7) is 21.6. The number of carbonyl (C=O) groups is 1. The summed E-state index contributed by atoms with van der Waals surface area (Å²) >= 11 is 1.85. The van der Waals surface area contributed by atoms with Crippen LogP contribution in [-0.2, 0) is 30.3 Å². The van der Waals surface area contributed by atoms with E-state index in [-0.39, 0.29) is 48.9 Å². The number of nitrogens with zero attached hydrogens (tertiary/aromatic N) is 1. The van der Waals surface area contributed by atoms with E-state index in [1.54, 1.807) is 0 Å². The van der Waals surface area contributed by atoms with Crippen molar-refractivity contribution in [2.45, 2.75) is 106 Å². The number of benzene rings is 4. The van der Waals surface area contributed by atoms with Gasteiger partial charge in [-0.15, -0.1) is 40.5 Å². The number of allylic oxidation sites excluding steroid dienone is 2. The van der Waals surface area contributed by atoms with Gasteiger partial charge in [0.15, 0.2) is 5.78 Å². The Morgan fingerprint density at radius 1 is 0.800 bits per heavy atom. The topological polar surface area (TPSA) is 50.2 Å². The van der Waals surface area contributed by atoms with Crippen molar-refractivity contribution in [1.82, 2.24) is 4.98 Å². The van der Waals surface area contributed by atoms with Gasteiger partial charge in [-0.1, -0.05) is 146 Å². The predicted octanol–water partition coefficient (Wildman–Crippen LogP) is 14.8. The molecule has 4 aromatic carbocycles. The van der Waals surface area contributed by atoms with E-state index in [4.69, 9.17) is 4.98 Å². The molecule has 2 heterocycles. The summed E-state index contributed by atoms with van der Waals surface area (Å²) in [4.78, 5) is 18.0. The molecular formula is C50H58IrNO2S-. The normalized spacial score (nSPS) is 12.0. The molecule has 6 aromatic rings. The monoisotopic (exact) mass is 929 g/mol. The summed E-state index contributed by atoms with van der Waals surface area (Å²) < 4.78 is 1.23. The van der Waals surface area contributed by atoms with Crippen molar-refractivity contribution in [2.75, 3.05) is 0 Å². The van der Waals surface area contributed by atoms with Crippen LogP contribution in [0.1, 0.15) is 111 Å². The molecule has 0 unspecified atom stereocenters. The Hall–Kier alpha value is -3.89. The van der Waals surface area contributed by atoms with Crippen molar-refractivity contribution in [3.8, 4) is 32.8 Å². The molecule has 0 spiro atoms. The number of ketones is 1. The first kappa shape index (κ1) is 43.8. The molecule has 55 heavy (non-hydrogen) atoms. The van der Waals surface area contributed by atoms with Crippen LogP contribution in [0.2, 0.25) is 0 Å². The average Bonchev–Trinajstić information content (AvgIpc) is 3.51. The number of carbonyl (C=O) groups excluding carboxylic acids is 1. The van der Waals surface area contributed by atoms with Gasteiger partial charge in [-0.25, -0.2) is 0 Å². The number of aliphatic hydroxyl groups is 1. The van der Waals surface area contributed by atoms with Crippen molar-refractivity contribution in [1.29, 1.82) is 0 Å². The summed E-state index contributed by atoms with van der Waals surface area (Å²) in [5, 5.41) is 13.4. The number of pyridine rings is 1. The third kappa shape index (κ3) is 10.1. The Balaban J connectivity index is 0.000000360. The van der Waals surface area contributed by atoms with E-state index in [2.05, 4.69) is 133 Å². The maximum absolute atomic E-state index is 11.7. The molecule has 0 fully saturated rings. The Labute approximate surface area is 347 Å². The predicted molar refractivity (Wildman–Crippen MR) is 234 cm³/mol. The van der Waals surface area contributed by atoms with Crippen LogP contribution in [0.25, 0.3) is 53.7 Å². The van der Waals surface area contributed by atoms with Crippen LogP contribution in [0.4, 0.5) is 0 Å². The summed E-state index contributed by atoms with van der Waals surface area (Å²) in [6, 6.07) is 34.7. The second-order valence-electron chi connectivity index (χ2n) is 15.8. The molecule has 0 saturated carbocycles. The van der Waals surface area contributed by atoms with Gasteiger partial charge in [-0.3, -0.25) is 9.78 Å². The van der Waals surface area contributed by atoms with E-state index in [1.807, 2.05) is 45.2 Å². The quantitative estimate of drug-likeness (QED) is 0.0800. The minimum Gasteiger partial charge on any atom is -0.512 e. The van der Waals surface area contributed by atoms with Crippen molar-refractivity contribution < 1.29 is 30.0 Å². The molecule has 0 bridgehead atoms. The third-order valence-corrected chi connectivity index (χ3v) is 12.2. The zero-order valence-corrected chi connectivity index (χ0v) is 37.6. The summed E-state index contributed by atoms with van der Waals surface area (Å²) in [6.07, 6.45) is 6.86. The molecule has 1 N–H and O–H groups in total. The Bertz CT molecular complexity index is 2220. The van der Waals surface area contributed by atoms with Crippen LogP contribution in [0.15, 0.2) is 103 Å². The number of hydrogen-bond acceptors (Lipinski definition) is 4. The largest absolute Gasteiger partial charge is 0.512 e. The second-order valence-corrected chi connectivity index (χ2v) is 16.9. The third-order valence-electron chi connectivity index (χ3n) is 10.8. The number of aliphatic hydroxyl groups excluding tert-OH is 1. The van der Waals surface area contributed by atoms with E-state index in [0.29, 0.717) is 5.92 Å². The number of thiophene rings is 1. The van der Waals surface area contributed by atoms with Gasteiger partial charge in [0.05, 0.1) is 5.76 Å². The van der Waals surface area contributed by atoms with E-state index in [9.17, 15) is 9.90 Å². The minimum absolute atomic E-state index is 0. The van der Waals surface area contributed by atoms with Crippen molar-refractivity contribution in [3.05, 3.63) is 126 Å². The van der Waals surface area contributed by atoms with Crippen molar-refractivity contribution in [3.63, 3.8) is 0 Å². The molecule has 2 aromatic heterocycles. The molecule has 5 heteroatoms. The standard InChI is InChI=1S/C37H34NS.C13H24O2.Ir/c1-23(2)33-22-29(21-28-20-27(14-17-32(28)33)25-10-8-7-9-11-25)34-36-31(18-19-38-34)24(3)35(39-36)26-12-15-30(16-13-26)37(4,5)6;1-5-10(6-2)12(14)9-13(15)11(7-3)8-4;/h7-20,22-23H,1-6H3;9-11,14H,5-8H2,1-4H3;/q-1;;/b;12-9-;. The van der Waals surface area contributed by atoms with Gasteiger partial charge in [-0.05, 0) is 77.6 Å². The molecule has 0 aliphatic carbocycles. The number of aryl methyl sites for hydroxylation is 1. The molecule has 0 aliphatic heterocycles. The zero-order chi connectivity index (χ0) is 39.2. The van der Waals surface area contributed by atoms with E-state index >= 15 is 0 Å². The fourth-order valence-electron chi connectivity index (χ4n) is 7.25. The van der Waals surface area contributed by atoms with E-state index in [0.717, 1.165) is 42.3 Å². The molecule has 0 aliphatic rings. The maximum Gasteiger partial charge on any atom is 0.162 e. The minimum atomic E-state index is 0. The van der Waals surface area contributed by atoms with E-state index < -0.39 is 0 Å². The summed E-state index contributed by atoms with van der Waals surface area (Å²) in [5.74, 6) is 0.940. The fraction of sp³-hybridized carbons (Fsp3) is 0.360. The van der Waals surface area contributed by atoms with Gasteiger partial charge in [0.25, 0.3) is 0 Å². The molecule has 0 saturated heterocycles. The van der Waals surface area contributed by atoms with E-state index in [1.165, 1.54) is 59.8 Å². The van der Waals surface area contributed by atoms with Crippen molar-refractivity contribution >= 4 is 38.0 Å². The molecule has 6 rings (SSSR count). The van der Waals surface area contributed by atoms with Gasteiger partial charge >= 0.3 is 0 Å². The van der Waals surface area contributed by atoms with Gasteiger partial charge in [0.1, 0.15) is 0 Å². The first-order chi connectivity index (χ1) is 25.8. The fourth-order valence-corrected chi connectivity index (χ4v) is 8.56. The average molecular weight is 929 g/mol. The molecule has 3 nitrogen and oxygen atoms in total. The number of hydrogen-bond donors (Lipinski definition) is 1. The van der Waals surface area contributed by atoms with Crippen LogP contribution in [-0.4, -0.2) is 15.9 Å². The zero-order valence-electron chi connectivity index (χ0n) is 34.3.